The molecule has 2 N–H and O–H groups in total. The average molecular weight is 262 g/mol. The molecule has 1 saturated heterocycles. The van der Waals surface area contributed by atoms with Gasteiger partial charge in [-0.05, 0) is 20.8 Å². The molecule has 102 valence electrons. The van der Waals surface area contributed by atoms with Gasteiger partial charge in [0.1, 0.15) is 0 Å². The number of nitrogens with two attached hydrogens (primary N) is 1. The predicted molar refractivity (Wildman–Crippen MR) is 73.4 cm³/mol. The van der Waals surface area contributed by atoms with Crippen LogP contribution in [0.1, 0.15) is 20.8 Å². The van der Waals surface area contributed by atoms with Gasteiger partial charge in [0.15, 0.2) is 6.29 Å². The van der Waals surface area contributed by atoms with E-state index in [-0.39, 0.29) is 16.6 Å². The highest BCUT2D eigenvalue weighted by molar-refractivity contribution is 8.00. The van der Waals surface area contributed by atoms with E-state index in [4.69, 9.17) is 15.2 Å². The minimum atomic E-state index is -0.286. The van der Waals surface area contributed by atoms with Crippen molar-refractivity contribution in [3.8, 4) is 0 Å². The van der Waals surface area contributed by atoms with Crippen molar-refractivity contribution in [2.75, 3.05) is 39.6 Å². The average Bonchev–Trinajstić information content (AvgIpc) is 2.29. The van der Waals surface area contributed by atoms with Crippen molar-refractivity contribution in [3.63, 3.8) is 0 Å². The van der Waals surface area contributed by atoms with Crippen molar-refractivity contribution in [3.05, 3.63) is 0 Å². The van der Waals surface area contributed by atoms with Crippen molar-refractivity contribution < 1.29 is 9.47 Å². The second-order valence-corrected chi connectivity index (χ2v) is 7.20. The molecular weight excluding hydrogens is 236 g/mol. The maximum Gasteiger partial charge on any atom is 0.176 e. The molecule has 1 heterocycles. The van der Waals surface area contributed by atoms with Crippen molar-refractivity contribution in [2.45, 2.75) is 37.3 Å². The molecule has 0 aromatic carbocycles. The molecule has 1 unspecified atom stereocenters. The molecule has 1 aliphatic rings. The molecule has 0 saturated carbocycles. The van der Waals surface area contributed by atoms with Crippen molar-refractivity contribution in [1.29, 1.82) is 0 Å². The van der Waals surface area contributed by atoms with E-state index in [0.29, 0.717) is 6.54 Å². The molecule has 1 fully saturated rings. The van der Waals surface area contributed by atoms with Crippen LogP contribution in [0.15, 0.2) is 0 Å². The van der Waals surface area contributed by atoms with E-state index in [0.717, 1.165) is 18.8 Å². The summed E-state index contributed by atoms with van der Waals surface area (Å²) < 4.78 is 11.1. The molecule has 4 nitrogen and oxygen atoms in total. The summed E-state index contributed by atoms with van der Waals surface area (Å²) in [6.07, 6.45) is -0.286. The first-order valence-corrected chi connectivity index (χ1v) is 7.03. The molecule has 0 aromatic rings. The zero-order valence-corrected chi connectivity index (χ0v) is 12.5. The maximum atomic E-state index is 5.97. The van der Waals surface area contributed by atoms with Gasteiger partial charge < -0.3 is 15.2 Å². The minimum Gasteiger partial charge on any atom is -0.354 e. The summed E-state index contributed by atoms with van der Waals surface area (Å²) in [5, 5.41) is 0. The van der Waals surface area contributed by atoms with Crippen molar-refractivity contribution in [1.82, 2.24) is 4.90 Å². The van der Waals surface area contributed by atoms with Crippen LogP contribution in [0.3, 0.4) is 0 Å². The van der Waals surface area contributed by atoms with E-state index in [1.165, 1.54) is 0 Å². The van der Waals surface area contributed by atoms with Gasteiger partial charge in [-0.15, -0.1) is 0 Å². The Hall–Kier alpha value is 0.190. The van der Waals surface area contributed by atoms with Crippen LogP contribution >= 0.6 is 11.8 Å². The van der Waals surface area contributed by atoms with Crippen LogP contribution in [-0.4, -0.2) is 61.1 Å². The summed E-state index contributed by atoms with van der Waals surface area (Å²) in [6, 6.07) is 0. The van der Waals surface area contributed by atoms with Crippen LogP contribution < -0.4 is 5.73 Å². The SMILES string of the molecule is COC(OC)C(C)(CN)N1CCSC(C)(C)C1. The number of hydrogen-bond acceptors (Lipinski definition) is 5. The van der Waals surface area contributed by atoms with E-state index in [9.17, 15) is 0 Å². The molecular formula is C12H26N2O2S. The Labute approximate surface area is 109 Å². The molecule has 1 atom stereocenters. The Morgan fingerprint density at radius 2 is 2.00 bits per heavy atom. The van der Waals surface area contributed by atoms with Crippen LogP contribution in [0.25, 0.3) is 0 Å². The van der Waals surface area contributed by atoms with E-state index < -0.39 is 0 Å². The summed E-state index contributed by atoms with van der Waals surface area (Å²) in [4.78, 5) is 2.40. The maximum absolute atomic E-state index is 5.97. The summed E-state index contributed by atoms with van der Waals surface area (Å²) in [7, 11) is 3.35. The Morgan fingerprint density at radius 1 is 1.41 bits per heavy atom. The summed E-state index contributed by atoms with van der Waals surface area (Å²) in [5.41, 5.74) is 5.71. The minimum absolute atomic E-state index is 0.262. The summed E-state index contributed by atoms with van der Waals surface area (Å²) >= 11 is 2.01. The van der Waals surface area contributed by atoms with Gasteiger partial charge in [-0.1, -0.05) is 0 Å². The molecule has 0 spiro atoms. The van der Waals surface area contributed by atoms with Crippen LogP contribution in [0.2, 0.25) is 0 Å². The smallest absolute Gasteiger partial charge is 0.176 e. The fourth-order valence-electron chi connectivity index (χ4n) is 2.43. The van der Waals surface area contributed by atoms with Gasteiger partial charge >= 0.3 is 0 Å². The number of ether oxygens (including phenoxy) is 2. The quantitative estimate of drug-likeness (QED) is 0.753. The third-order valence-electron chi connectivity index (χ3n) is 3.50. The van der Waals surface area contributed by atoms with Gasteiger partial charge in [0.05, 0.1) is 5.54 Å². The molecule has 0 amide bonds. The Kier molecular flexibility index (Phi) is 5.28. The molecule has 0 radical (unpaired) electrons. The first-order chi connectivity index (χ1) is 7.89. The van der Waals surface area contributed by atoms with Crippen LogP contribution in [-0.2, 0) is 9.47 Å². The number of methoxy groups -OCH3 is 2. The molecule has 0 bridgehead atoms. The zero-order valence-electron chi connectivity index (χ0n) is 11.7. The van der Waals surface area contributed by atoms with Gasteiger partial charge in [0.25, 0.3) is 0 Å². The van der Waals surface area contributed by atoms with Gasteiger partial charge in [0.2, 0.25) is 0 Å². The highest BCUT2D eigenvalue weighted by Gasteiger charge is 2.43. The predicted octanol–water partition coefficient (Wildman–Crippen LogP) is 1.15. The highest BCUT2D eigenvalue weighted by Crippen LogP contribution is 2.34. The van der Waals surface area contributed by atoms with E-state index >= 15 is 0 Å². The Bertz CT molecular complexity index is 247. The van der Waals surface area contributed by atoms with Crippen LogP contribution in [0.5, 0.6) is 0 Å². The zero-order chi connectivity index (χ0) is 13.1. The normalized spacial score (nSPS) is 24.9. The Morgan fingerprint density at radius 3 is 2.41 bits per heavy atom. The molecule has 1 rings (SSSR count). The van der Waals surface area contributed by atoms with E-state index in [1.807, 2.05) is 11.8 Å². The summed E-state index contributed by atoms with van der Waals surface area (Å²) in [5.74, 6) is 1.13. The van der Waals surface area contributed by atoms with Gasteiger partial charge in [-0.2, -0.15) is 11.8 Å². The largest absolute Gasteiger partial charge is 0.354 e. The first kappa shape index (κ1) is 15.2. The number of hydrogen-bond donors (Lipinski definition) is 1. The topological polar surface area (TPSA) is 47.7 Å². The van der Waals surface area contributed by atoms with Gasteiger partial charge in [-0.25, -0.2) is 0 Å². The number of nitrogens with zero attached hydrogens (tertiary/aromatic N) is 1. The number of thioether (sulfide) groups is 1. The van der Waals surface area contributed by atoms with Gasteiger partial charge in [0, 0.05) is 44.4 Å². The second kappa shape index (κ2) is 5.89. The number of rotatable bonds is 5. The summed E-state index contributed by atoms with van der Waals surface area (Å²) in [6.45, 7) is 9.24. The molecule has 5 heteroatoms. The van der Waals surface area contributed by atoms with E-state index in [1.54, 1.807) is 14.2 Å². The third-order valence-corrected chi connectivity index (χ3v) is 4.79. The fraction of sp³-hybridized carbons (Fsp3) is 1.00. The van der Waals surface area contributed by atoms with Gasteiger partial charge in [-0.3, -0.25) is 4.90 Å². The molecule has 0 aliphatic carbocycles. The Balaban J connectivity index is 2.84. The fourth-order valence-corrected chi connectivity index (χ4v) is 3.54. The van der Waals surface area contributed by atoms with Crippen molar-refractivity contribution in [2.24, 2.45) is 5.73 Å². The van der Waals surface area contributed by atoms with Crippen LogP contribution in [0.4, 0.5) is 0 Å². The molecule has 1 aliphatic heterocycles. The van der Waals surface area contributed by atoms with E-state index in [2.05, 4.69) is 25.7 Å². The second-order valence-electron chi connectivity index (χ2n) is 5.39. The molecule has 0 aromatic heterocycles. The lowest BCUT2D eigenvalue weighted by Gasteiger charge is -2.49. The van der Waals surface area contributed by atoms with Crippen molar-refractivity contribution >= 4 is 11.8 Å². The lowest BCUT2D eigenvalue weighted by atomic mass is 9.96. The lowest BCUT2D eigenvalue weighted by molar-refractivity contribution is -0.181. The standard InChI is InChI=1S/C12H26N2O2S/c1-11(2)9-14(6-7-17-11)12(3,8-13)10(15-4)16-5/h10H,6-9,13H2,1-5H3. The highest BCUT2D eigenvalue weighted by atomic mass is 32.2. The third kappa shape index (κ3) is 3.35. The monoisotopic (exact) mass is 262 g/mol. The molecule has 17 heavy (non-hydrogen) atoms. The van der Waals surface area contributed by atoms with Crippen LogP contribution in [0, 0.1) is 0 Å². The first-order valence-electron chi connectivity index (χ1n) is 6.04. The lowest BCUT2D eigenvalue weighted by Crippen LogP contribution is -2.64.